The molecule has 0 aliphatic carbocycles. The fourth-order valence-corrected chi connectivity index (χ4v) is 2.07. The van der Waals surface area contributed by atoms with E-state index in [2.05, 4.69) is 24.1 Å². The van der Waals surface area contributed by atoms with E-state index in [0.29, 0.717) is 11.6 Å². The monoisotopic (exact) mass is 290 g/mol. The maximum atomic E-state index is 6.07. The number of pyridine rings is 1. The van der Waals surface area contributed by atoms with E-state index in [9.17, 15) is 0 Å². The number of halogens is 1. The normalized spacial score (nSPS) is 11.9. The minimum absolute atomic E-state index is 0.131. The number of anilines is 1. The average molecular weight is 291 g/mol. The molecule has 0 radical (unpaired) electrons. The fraction of sp³-hybridized carbons (Fsp3) is 0.312. The molecule has 2 aromatic rings. The first-order chi connectivity index (χ1) is 9.70. The molecule has 2 rings (SSSR count). The molecule has 1 aromatic carbocycles. The van der Waals surface area contributed by atoms with Crippen LogP contribution in [0.4, 0.5) is 5.69 Å². The lowest BCUT2D eigenvalue weighted by Gasteiger charge is -2.18. The zero-order valence-corrected chi connectivity index (χ0v) is 12.5. The van der Waals surface area contributed by atoms with Crippen molar-refractivity contribution in [2.75, 3.05) is 11.9 Å². The number of hydrogen-bond donors (Lipinski definition) is 1. The molecule has 0 spiro atoms. The van der Waals surface area contributed by atoms with Crippen LogP contribution in [-0.2, 0) is 0 Å². The van der Waals surface area contributed by atoms with E-state index >= 15 is 0 Å². The summed E-state index contributed by atoms with van der Waals surface area (Å²) in [4.78, 5) is 4.14. The third-order valence-electron chi connectivity index (χ3n) is 2.96. The molecule has 1 unspecified atom stereocenters. The largest absolute Gasteiger partial charge is 0.491 e. The van der Waals surface area contributed by atoms with Gasteiger partial charge in [-0.15, -0.1) is 0 Å². The number of hydrogen-bond acceptors (Lipinski definition) is 3. The lowest BCUT2D eigenvalue weighted by atomic mass is 10.1. The molecule has 1 heterocycles. The standard InChI is InChI=1S/C16H19ClN2O/c1-3-9-20-16-7-6-14(17)10-15(16)19-12(2)13-5-4-8-18-11-13/h4-8,10-12,19H,3,9H2,1-2H3. The summed E-state index contributed by atoms with van der Waals surface area (Å²) in [6.45, 7) is 4.86. The topological polar surface area (TPSA) is 34.1 Å². The lowest BCUT2D eigenvalue weighted by molar-refractivity contribution is 0.318. The first-order valence-corrected chi connectivity index (χ1v) is 7.17. The molecule has 4 heteroatoms. The van der Waals surface area contributed by atoms with Crippen molar-refractivity contribution >= 4 is 17.3 Å². The van der Waals surface area contributed by atoms with Gasteiger partial charge in [-0.05, 0) is 43.2 Å². The molecule has 0 saturated carbocycles. The SMILES string of the molecule is CCCOc1ccc(Cl)cc1NC(C)c1cccnc1. The van der Waals surface area contributed by atoms with Crippen molar-refractivity contribution in [1.29, 1.82) is 0 Å². The molecule has 0 aliphatic rings. The molecule has 1 aromatic heterocycles. The summed E-state index contributed by atoms with van der Waals surface area (Å²) in [6, 6.07) is 9.73. The molecule has 0 aliphatic heterocycles. The van der Waals surface area contributed by atoms with Crippen molar-refractivity contribution in [3.8, 4) is 5.75 Å². The van der Waals surface area contributed by atoms with Crippen LogP contribution in [0, 0.1) is 0 Å². The van der Waals surface area contributed by atoms with Crippen LogP contribution >= 0.6 is 11.6 Å². The highest BCUT2D eigenvalue weighted by Gasteiger charge is 2.10. The highest BCUT2D eigenvalue weighted by molar-refractivity contribution is 6.30. The van der Waals surface area contributed by atoms with Gasteiger partial charge in [0, 0.05) is 17.4 Å². The van der Waals surface area contributed by atoms with Crippen LogP contribution in [0.2, 0.25) is 5.02 Å². The minimum Gasteiger partial charge on any atom is -0.491 e. The Balaban J connectivity index is 2.17. The van der Waals surface area contributed by atoms with Gasteiger partial charge in [-0.1, -0.05) is 24.6 Å². The highest BCUT2D eigenvalue weighted by atomic mass is 35.5. The van der Waals surface area contributed by atoms with Crippen molar-refractivity contribution in [2.24, 2.45) is 0 Å². The van der Waals surface area contributed by atoms with E-state index in [1.54, 1.807) is 6.20 Å². The minimum atomic E-state index is 0.131. The summed E-state index contributed by atoms with van der Waals surface area (Å²) < 4.78 is 5.74. The number of nitrogens with one attached hydrogen (secondary N) is 1. The van der Waals surface area contributed by atoms with E-state index in [1.165, 1.54) is 0 Å². The molecule has 3 nitrogen and oxygen atoms in total. The highest BCUT2D eigenvalue weighted by Crippen LogP contribution is 2.31. The van der Waals surface area contributed by atoms with Crippen LogP contribution in [0.15, 0.2) is 42.7 Å². The van der Waals surface area contributed by atoms with Gasteiger partial charge >= 0.3 is 0 Å². The Bertz CT molecular complexity index is 545. The smallest absolute Gasteiger partial charge is 0.142 e. The maximum absolute atomic E-state index is 6.07. The third-order valence-corrected chi connectivity index (χ3v) is 3.19. The van der Waals surface area contributed by atoms with Gasteiger partial charge in [-0.3, -0.25) is 4.98 Å². The summed E-state index contributed by atoms with van der Waals surface area (Å²) in [5.74, 6) is 0.826. The van der Waals surface area contributed by atoms with Gasteiger partial charge < -0.3 is 10.1 Å². The van der Waals surface area contributed by atoms with Gasteiger partial charge in [0.25, 0.3) is 0 Å². The predicted molar refractivity (Wildman–Crippen MR) is 83.5 cm³/mol. The first-order valence-electron chi connectivity index (χ1n) is 6.79. The Labute approximate surface area is 124 Å². The van der Waals surface area contributed by atoms with Crippen molar-refractivity contribution in [1.82, 2.24) is 4.98 Å². The second kappa shape index (κ2) is 7.15. The van der Waals surface area contributed by atoms with Crippen LogP contribution in [-0.4, -0.2) is 11.6 Å². The zero-order valence-electron chi connectivity index (χ0n) is 11.8. The fourth-order valence-electron chi connectivity index (χ4n) is 1.90. The molecular formula is C16H19ClN2O. The molecular weight excluding hydrogens is 272 g/mol. The summed E-state index contributed by atoms with van der Waals surface area (Å²) in [6.07, 6.45) is 4.60. The van der Waals surface area contributed by atoms with Gasteiger partial charge in [0.05, 0.1) is 18.3 Å². The maximum Gasteiger partial charge on any atom is 0.142 e. The van der Waals surface area contributed by atoms with E-state index in [1.807, 2.05) is 36.5 Å². The average Bonchev–Trinajstić information content (AvgIpc) is 2.47. The van der Waals surface area contributed by atoms with Crippen molar-refractivity contribution in [3.05, 3.63) is 53.3 Å². The van der Waals surface area contributed by atoms with Crippen LogP contribution in [0.25, 0.3) is 0 Å². The summed E-state index contributed by atoms with van der Waals surface area (Å²) in [5.41, 5.74) is 2.02. The predicted octanol–water partition coefficient (Wildman–Crippen LogP) is 4.70. The number of aromatic nitrogens is 1. The Hall–Kier alpha value is -1.74. The molecule has 0 amide bonds. The summed E-state index contributed by atoms with van der Waals surface area (Å²) in [5, 5.41) is 4.12. The molecule has 106 valence electrons. The van der Waals surface area contributed by atoms with Gasteiger partial charge in [0.2, 0.25) is 0 Å². The van der Waals surface area contributed by atoms with E-state index in [0.717, 1.165) is 23.4 Å². The van der Waals surface area contributed by atoms with Crippen LogP contribution in [0.3, 0.4) is 0 Å². The molecule has 0 bridgehead atoms. The van der Waals surface area contributed by atoms with E-state index < -0.39 is 0 Å². The second-order valence-electron chi connectivity index (χ2n) is 4.64. The van der Waals surface area contributed by atoms with Crippen LogP contribution < -0.4 is 10.1 Å². The van der Waals surface area contributed by atoms with Crippen molar-refractivity contribution in [2.45, 2.75) is 26.3 Å². The lowest BCUT2D eigenvalue weighted by Crippen LogP contribution is -2.08. The van der Waals surface area contributed by atoms with Gasteiger partial charge in [0.15, 0.2) is 0 Å². The Kier molecular flexibility index (Phi) is 5.24. The molecule has 20 heavy (non-hydrogen) atoms. The van der Waals surface area contributed by atoms with Crippen LogP contribution in [0.5, 0.6) is 5.75 Å². The number of rotatable bonds is 6. The Morgan fingerprint density at radius 2 is 2.20 bits per heavy atom. The van der Waals surface area contributed by atoms with Gasteiger partial charge in [0.1, 0.15) is 5.75 Å². The van der Waals surface area contributed by atoms with E-state index in [4.69, 9.17) is 16.3 Å². The second-order valence-corrected chi connectivity index (χ2v) is 5.08. The van der Waals surface area contributed by atoms with Gasteiger partial charge in [-0.25, -0.2) is 0 Å². The molecule has 1 atom stereocenters. The number of ether oxygens (including phenoxy) is 1. The molecule has 0 saturated heterocycles. The first kappa shape index (κ1) is 14.7. The van der Waals surface area contributed by atoms with Crippen LogP contribution in [0.1, 0.15) is 31.9 Å². The molecule has 0 fully saturated rings. The third kappa shape index (κ3) is 3.87. The summed E-state index contributed by atoms with van der Waals surface area (Å²) >= 11 is 6.07. The number of nitrogens with zero attached hydrogens (tertiary/aromatic N) is 1. The zero-order chi connectivity index (χ0) is 14.4. The van der Waals surface area contributed by atoms with Crippen molar-refractivity contribution < 1.29 is 4.74 Å². The van der Waals surface area contributed by atoms with Crippen molar-refractivity contribution in [3.63, 3.8) is 0 Å². The quantitative estimate of drug-likeness (QED) is 0.837. The van der Waals surface area contributed by atoms with E-state index in [-0.39, 0.29) is 6.04 Å². The molecule has 1 N–H and O–H groups in total. The Morgan fingerprint density at radius 3 is 2.90 bits per heavy atom. The summed E-state index contributed by atoms with van der Waals surface area (Å²) in [7, 11) is 0. The van der Waals surface area contributed by atoms with Gasteiger partial charge in [-0.2, -0.15) is 0 Å². The Morgan fingerprint density at radius 1 is 1.35 bits per heavy atom. The number of benzene rings is 1.